The molecule has 0 atom stereocenters. The number of esters is 1. The van der Waals surface area contributed by atoms with E-state index in [1.54, 1.807) is 13.8 Å². The van der Waals surface area contributed by atoms with Crippen molar-refractivity contribution in [3.05, 3.63) is 0 Å². The molecule has 0 heterocycles. The highest BCUT2D eigenvalue weighted by Crippen LogP contribution is 1.96. The lowest BCUT2D eigenvalue weighted by atomic mass is 10.2. The molecular formula is C17H38N2O5. The standard InChI is InChI=1S/C17H34N2O5.2H2/c1-14(2)13-18-7-9-22-11-12-23-10-8-19-16(20)5-6-17(21)24-15(3)4;;/h14-15,18H,5-13H2,1-4H3,(H,19,20);2*1H. The first kappa shape index (κ1) is 22.8. The van der Waals surface area contributed by atoms with Crippen molar-refractivity contribution in [3.63, 3.8) is 0 Å². The predicted octanol–water partition coefficient (Wildman–Crippen LogP) is 1.61. The zero-order valence-electron chi connectivity index (χ0n) is 15.6. The van der Waals surface area contributed by atoms with Gasteiger partial charge in [-0.1, -0.05) is 13.8 Å². The molecule has 0 aliphatic carbocycles. The van der Waals surface area contributed by atoms with Crippen molar-refractivity contribution in [3.8, 4) is 0 Å². The van der Waals surface area contributed by atoms with Gasteiger partial charge in [0.2, 0.25) is 5.91 Å². The summed E-state index contributed by atoms with van der Waals surface area (Å²) in [6.07, 6.45) is 0.0869. The van der Waals surface area contributed by atoms with Gasteiger partial charge in [-0.3, -0.25) is 9.59 Å². The maximum absolute atomic E-state index is 11.5. The van der Waals surface area contributed by atoms with Gasteiger partial charge in [0.15, 0.2) is 0 Å². The Balaban J connectivity index is -0.00000264. The summed E-state index contributed by atoms with van der Waals surface area (Å²) in [4.78, 5) is 22.8. The largest absolute Gasteiger partial charge is 0.463 e. The molecule has 0 saturated carbocycles. The molecule has 0 saturated heterocycles. The van der Waals surface area contributed by atoms with Crippen LogP contribution in [0, 0.1) is 5.92 Å². The number of carbonyl (C=O) groups is 2. The van der Waals surface area contributed by atoms with Crippen LogP contribution < -0.4 is 10.6 Å². The van der Waals surface area contributed by atoms with Gasteiger partial charge >= 0.3 is 5.97 Å². The number of ether oxygens (including phenoxy) is 3. The molecule has 2 N–H and O–H groups in total. The van der Waals surface area contributed by atoms with Gasteiger partial charge in [0.1, 0.15) is 0 Å². The Bertz CT molecular complexity index is 345. The molecule has 0 rings (SSSR count). The second-order valence-corrected chi connectivity index (χ2v) is 6.21. The molecule has 146 valence electrons. The SMILES string of the molecule is CC(C)CNCCOCCOCCNC(=O)CCC(=O)OC(C)C.[HH].[HH]. The van der Waals surface area contributed by atoms with Gasteiger partial charge in [-0.15, -0.1) is 0 Å². The van der Waals surface area contributed by atoms with Crippen LogP contribution in [0.1, 0.15) is 43.4 Å². The van der Waals surface area contributed by atoms with E-state index in [-0.39, 0.29) is 33.7 Å². The fourth-order valence-corrected chi connectivity index (χ4v) is 1.75. The topological polar surface area (TPSA) is 85.9 Å². The minimum Gasteiger partial charge on any atom is -0.463 e. The average molecular weight is 350 g/mol. The van der Waals surface area contributed by atoms with E-state index in [9.17, 15) is 9.59 Å². The highest BCUT2D eigenvalue weighted by Gasteiger charge is 2.08. The lowest BCUT2D eigenvalue weighted by molar-refractivity contribution is -0.148. The molecule has 0 aromatic rings. The Labute approximate surface area is 148 Å². The summed E-state index contributed by atoms with van der Waals surface area (Å²) in [5.41, 5.74) is 0. The van der Waals surface area contributed by atoms with Crippen molar-refractivity contribution in [2.75, 3.05) is 46.1 Å². The van der Waals surface area contributed by atoms with E-state index in [0.717, 1.165) is 13.1 Å². The van der Waals surface area contributed by atoms with Crippen molar-refractivity contribution < 1.29 is 26.7 Å². The molecule has 1 amide bonds. The lowest BCUT2D eigenvalue weighted by Crippen LogP contribution is -2.28. The first-order chi connectivity index (χ1) is 11.4. The van der Waals surface area contributed by atoms with E-state index >= 15 is 0 Å². The van der Waals surface area contributed by atoms with Gasteiger partial charge in [0, 0.05) is 22.4 Å². The summed E-state index contributed by atoms with van der Waals surface area (Å²) in [6.45, 7) is 12.3. The van der Waals surface area contributed by atoms with Gasteiger partial charge in [-0.05, 0) is 26.3 Å². The van der Waals surface area contributed by atoms with Crippen molar-refractivity contribution in [2.24, 2.45) is 5.92 Å². The summed E-state index contributed by atoms with van der Waals surface area (Å²) in [5.74, 6) is 0.118. The summed E-state index contributed by atoms with van der Waals surface area (Å²) >= 11 is 0. The molecule has 7 nitrogen and oxygen atoms in total. The molecular weight excluding hydrogens is 312 g/mol. The molecule has 0 spiro atoms. The molecule has 0 bridgehead atoms. The molecule has 0 fully saturated rings. The Morgan fingerprint density at radius 1 is 0.917 bits per heavy atom. The summed E-state index contributed by atoms with van der Waals surface area (Å²) in [7, 11) is 0. The fraction of sp³-hybridized carbons (Fsp3) is 0.882. The summed E-state index contributed by atoms with van der Waals surface area (Å²) < 4.78 is 15.7. The second-order valence-electron chi connectivity index (χ2n) is 6.21. The normalized spacial score (nSPS) is 11.1. The van der Waals surface area contributed by atoms with Gasteiger partial charge in [0.05, 0.1) is 39.0 Å². The molecule has 0 aromatic carbocycles. The Morgan fingerprint density at radius 3 is 2.12 bits per heavy atom. The first-order valence-corrected chi connectivity index (χ1v) is 8.74. The van der Waals surface area contributed by atoms with Crippen molar-refractivity contribution in [2.45, 2.75) is 46.6 Å². The van der Waals surface area contributed by atoms with Crippen LogP contribution in [0.4, 0.5) is 0 Å². The first-order valence-electron chi connectivity index (χ1n) is 8.74. The molecule has 0 aliphatic rings. The predicted molar refractivity (Wildman–Crippen MR) is 97.0 cm³/mol. The van der Waals surface area contributed by atoms with Gasteiger partial charge in [-0.25, -0.2) is 0 Å². The quantitative estimate of drug-likeness (QED) is 0.345. The average Bonchev–Trinajstić information content (AvgIpc) is 2.49. The molecule has 0 aliphatic heterocycles. The van der Waals surface area contributed by atoms with Crippen LogP contribution in [0.5, 0.6) is 0 Å². The van der Waals surface area contributed by atoms with Crippen LogP contribution in [0.3, 0.4) is 0 Å². The van der Waals surface area contributed by atoms with Gasteiger partial charge < -0.3 is 24.8 Å². The zero-order valence-corrected chi connectivity index (χ0v) is 15.6. The molecule has 24 heavy (non-hydrogen) atoms. The van der Waals surface area contributed by atoms with E-state index in [0.29, 0.717) is 38.9 Å². The summed E-state index contributed by atoms with van der Waals surface area (Å²) in [6, 6.07) is 0. The molecule has 7 heteroatoms. The Morgan fingerprint density at radius 2 is 1.54 bits per heavy atom. The van der Waals surface area contributed by atoms with Crippen molar-refractivity contribution in [1.82, 2.24) is 10.6 Å². The minimum atomic E-state index is -0.351. The van der Waals surface area contributed by atoms with Gasteiger partial charge in [0.25, 0.3) is 0 Å². The van der Waals surface area contributed by atoms with Crippen LogP contribution in [-0.4, -0.2) is 64.0 Å². The number of nitrogens with one attached hydrogen (secondary N) is 2. The third-order valence-electron chi connectivity index (χ3n) is 2.84. The van der Waals surface area contributed by atoms with E-state index in [1.165, 1.54) is 0 Å². The highest BCUT2D eigenvalue weighted by atomic mass is 16.5. The Kier molecular flexibility index (Phi) is 14.6. The van der Waals surface area contributed by atoms with E-state index in [2.05, 4.69) is 24.5 Å². The molecule has 0 radical (unpaired) electrons. The van der Waals surface area contributed by atoms with Crippen molar-refractivity contribution >= 4 is 11.9 Å². The third-order valence-corrected chi connectivity index (χ3v) is 2.84. The van der Waals surface area contributed by atoms with Crippen LogP contribution in [0.15, 0.2) is 0 Å². The van der Waals surface area contributed by atoms with Crippen molar-refractivity contribution in [1.29, 1.82) is 0 Å². The smallest absolute Gasteiger partial charge is 0.306 e. The Hall–Kier alpha value is -1.18. The van der Waals surface area contributed by atoms with E-state index < -0.39 is 0 Å². The highest BCUT2D eigenvalue weighted by molar-refractivity contribution is 5.81. The fourth-order valence-electron chi connectivity index (χ4n) is 1.75. The number of rotatable bonds is 15. The van der Waals surface area contributed by atoms with Crippen LogP contribution in [-0.2, 0) is 23.8 Å². The number of hydrogen-bond acceptors (Lipinski definition) is 6. The minimum absolute atomic E-state index is 0. The van der Waals surface area contributed by atoms with E-state index in [1.807, 2.05) is 0 Å². The monoisotopic (exact) mass is 350 g/mol. The lowest BCUT2D eigenvalue weighted by Gasteiger charge is -2.09. The number of amides is 1. The van der Waals surface area contributed by atoms with Crippen LogP contribution in [0.25, 0.3) is 0 Å². The zero-order chi connectivity index (χ0) is 18.2. The number of carbonyl (C=O) groups excluding carboxylic acids is 2. The van der Waals surface area contributed by atoms with Crippen LogP contribution in [0.2, 0.25) is 0 Å². The third kappa shape index (κ3) is 17.2. The van der Waals surface area contributed by atoms with E-state index in [4.69, 9.17) is 14.2 Å². The number of hydrogen-bond donors (Lipinski definition) is 2. The molecule has 0 unspecified atom stereocenters. The maximum Gasteiger partial charge on any atom is 0.306 e. The van der Waals surface area contributed by atoms with Crippen LogP contribution >= 0.6 is 0 Å². The van der Waals surface area contributed by atoms with Gasteiger partial charge in [-0.2, -0.15) is 0 Å². The molecule has 0 aromatic heterocycles. The maximum atomic E-state index is 11.5. The summed E-state index contributed by atoms with van der Waals surface area (Å²) in [5, 5.41) is 5.99. The second kappa shape index (κ2) is 15.4.